The number of nitrogens with zero attached hydrogens (tertiary/aromatic N) is 1. The van der Waals surface area contributed by atoms with Gasteiger partial charge in [0.1, 0.15) is 11.6 Å². The zero-order valence-corrected chi connectivity index (χ0v) is 12.3. The van der Waals surface area contributed by atoms with Gasteiger partial charge in [0.15, 0.2) is 0 Å². The van der Waals surface area contributed by atoms with Crippen LogP contribution in [-0.2, 0) is 0 Å². The van der Waals surface area contributed by atoms with Crippen LogP contribution in [0.25, 0.3) is 0 Å². The quantitative estimate of drug-likeness (QED) is 0.935. The third kappa shape index (κ3) is 3.21. The third-order valence-corrected chi connectivity index (χ3v) is 3.63. The topological polar surface area (TPSA) is 40.5 Å². The second kappa shape index (κ2) is 5.95. The number of rotatable bonds is 3. The molecule has 1 N–H and O–H groups in total. The molecule has 0 aromatic heterocycles. The van der Waals surface area contributed by atoms with Gasteiger partial charge in [0.25, 0.3) is 5.91 Å². The Kier molecular flexibility index (Phi) is 4.26. The average molecular weight is 287 g/mol. The Bertz CT molecular complexity index is 652. The lowest BCUT2D eigenvalue weighted by Gasteiger charge is -2.25. The first-order valence-corrected chi connectivity index (χ1v) is 6.72. The molecule has 3 nitrogen and oxygen atoms in total. The summed E-state index contributed by atoms with van der Waals surface area (Å²) < 4.78 is 13.8. The molecule has 0 aliphatic carbocycles. The molecule has 0 saturated heterocycles. The molecule has 21 heavy (non-hydrogen) atoms. The van der Waals surface area contributed by atoms with Crippen LogP contribution < -0.4 is 0 Å². The van der Waals surface area contributed by atoms with Crippen LogP contribution in [-0.4, -0.2) is 23.0 Å². The van der Waals surface area contributed by atoms with Crippen LogP contribution in [0.3, 0.4) is 0 Å². The van der Waals surface area contributed by atoms with Crippen molar-refractivity contribution < 1.29 is 14.3 Å². The van der Waals surface area contributed by atoms with Crippen molar-refractivity contribution in [2.45, 2.75) is 19.9 Å². The summed E-state index contributed by atoms with van der Waals surface area (Å²) >= 11 is 0. The lowest BCUT2D eigenvalue weighted by atomic mass is 10.0. The van der Waals surface area contributed by atoms with Crippen LogP contribution in [0.4, 0.5) is 4.39 Å². The number of amides is 1. The zero-order valence-electron chi connectivity index (χ0n) is 12.3. The minimum absolute atomic E-state index is 0.0723. The Morgan fingerprint density at radius 3 is 2.43 bits per heavy atom. The molecule has 4 heteroatoms. The molecule has 0 saturated carbocycles. The highest BCUT2D eigenvalue weighted by molar-refractivity contribution is 5.94. The standard InChI is InChI=1S/C17H18FNO2/c1-11-4-9-16(18)15(10-11)17(21)19(3)12(2)13-5-7-14(20)8-6-13/h4-10,12,20H,1-3H3. The average Bonchev–Trinajstić information content (AvgIpc) is 2.48. The first kappa shape index (κ1) is 15.0. The summed E-state index contributed by atoms with van der Waals surface area (Å²) in [6.07, 6.45) is 0. The van der Waals surface area contributed by atoms with E-state index in [4.69, 9.17) is 0 Å². The van der Waals surface area contributed by atoms with Crippen molar-refractivity contribution in [1.82, 2.24) is 4.90 Å². The maximum atomic E-state index is 13.8. The Labute approximate surface area is 123 Å². The molecule has 2 aromatic carbocycles. The second-order valence-corrected chi connectivity index (χ2v) is 5.17. The largest absolute Gasteiger partial charge is 0.508 e. The normalized spacial score (nSPS) is 12.0. The Hall–Kier alpha value is -2.36. The van der Waals surface area contributed by atoms with Crippen molar-refractivity contribution >= 4 is 5.91 Å². The van der Waals surface area contributed by atoms with E-state index in [9.17, 15) is 14.3 Å². The van der Waals surface area contributed by atoms with Gasteiger partial charge < -0.3 is 10.0 Å². The van der Waals surface area contributed by atoms with Gasteiger partial charge in [-0.15, -0.1) is 0 Å². The monoisotopic (exact) mass is 287 g/mol. The van der Waals surface area contributed by atoms with Crippen LogP contribution in [0.2, 0.25) is 0 Å². The predicted octanol–water partition coefficient (Wildman–Crippen LogP) is 3.67. The van der Waals surface area contributed by atoms with Gasteiger partial charge in [0, 0.05) is 7.05 Å². The molecule has 110 valence electrons. The predicted molar refractivity (Wildman–Crippen MR) is 79.8 cm³/mol. The maximum absolute atomic E-state index is 13.8. The fourth-order valence-corrected chi connectivity index (χ4v) is 2.15. The Morgan fingerprint density at radius 2 is 1.81 bits per heavy atom. The molecule has 0 bridgehead atoms. The summed E-state index contributed by atoms with van der Waals surface area (Å²) in [6.45, 7) is 3.68. The van der Waals surface area contributed by atoms with Crippen LogP contribution >= 0.6 is 0 Å². The number of hydrogen-bond acceptors (Lipinski definition) is 2. The fourth-order valence-electron chi connectivity index (χ4n) is 2.15. The van der Waals surface area contributed by atoms with Crippen LogP contribution in [0, 0.1) is 12.7 Å². The number of phenolic OH excluding ortho intramolecular Hbond substituents is 1. The zero-order chi connectivity index (χ0) is 15.6. The number of hydrogen-bond donors (Lipinski definition) is 1. The van der Waals surface area contributed by atoms with Gasteiger partial charge >= 0.3 is 0 Å². The summed E-state index contributed by atoms with van der Waals surface area (Å²) in [5, 5.41) is 9.30. The highest BCUT2D eigenvalue weighted by Crippen LogP contribution is 2.23. The van der Waals surface area contributed by atoms with E-state index in [-0.39, 0.29) is 23.3 Å². The maximum Gasteiger partial charge on any atom is 0.257 e. The van der Waals surface area contributed by atoms with E-state index in [1.54, 1.807) is 43.4 Å². The van der Waals surface area contributed by atoms with E-state index < -0.39 is 5.82 Å². The van der Waals surface area contributed by atoms with Crippen LogP contribution in [0.5, 0.6) is 5.75 Å². The van der Waals surface area contributed by atoms with Gasteiger partial charge in [-0.05, 0) is 43.7 Å². The highest BCUT2D eigenvalue weighted by Gasteiger charge is 2.21. The second-order valence-electron chi connectivity index (χ2n) is 5.17. The van der Waals surface area contributed by atoms with E-state index in [0.717, 1.165) is 11.1 Å². The molecule has 2 aromatic rings. The molecule has 0 aliphatic rings. The van der Waals surface area contributed by atoms with Gasteiger partial charge in [-0.25, -0.2) is 4.39 Å². The summed E-state index contributed by atoms with van der Waals surface area (Å²) in [4.78, 5) is 13.9. The smallest absolute Gasteiger partial charge is 0.257 e. The summed E-state index contributed by atoms with van der Waals surface area (Å²) in [7, 11) is 1.64. The van der Waals surface area contributed by atoms with Gasteiger partial charge in [0.05, 0.1) is 11.6 Å². The minimum Gasteiger partial charge on any atom is -0.508 e. The van der Waals surface area contributed by atoms with Crippen molar-refractivity contribution in [1.29, 1.82) is 0 Å². The molecule has 1 atom stereocenters. The summed E-state index contributed by atoms with van der Waals surface area (Å²) in [6, 6.07) is 10.9. The van der Waals surface area contributed by atoms with Crippen molar-refractivity contribution in [2.24, 2.45) is 0 Å². The number of phenols is 1. The fraction of sp³-hybridized carbons (Fsp3) is 0.235. The lowest BCUT2D eigenvalue weighted by Crippen LogP contribution is -2.30. The minimum atomic E-state index is -0.518. The number of benzene rings is 2. The molecule has 1 unspecified atom stereocenters. The SMILES string of the molecule is Cc1ccc(F)c(C(=O)N(C)C(C)c2ccc(O)cc2)c1. The van der Waals surface area contributed by atoms with E-state index >= 15 is 0 Å². The van der Waals surface area contributed by atoms with Gasteiger partial charge in [-0.2, -0.15) is 0 Å². The Balaban J connectivity index is 2.26. The van der Waals surface area contributed by atoms with Crippen molar-refractivity contribution in [3.63, 3.8) is 0 Å². The molecule has 0 aliphatic heterocycles. The van der Waals surface area contributed by atoms with Crippen LogP contribution in [0.1, 0.15) is 34.5 Å². The number of halogens is 1. The van der Waals surface area contributed by atoms with Crippen molar-refractivity contribution in [3.8, 4) is 5.75 Å². The summed E-state index contributed by atoms with van der Waals surface area (Å²) in [5.74, 6) is -0.711. The van der Waals surface area contributed by atoms with E-state index in [2.05, 4.69) is 0 Å². The number of aromatic hydroxyl groups is 1. The first-order chi connectivity index (χ1) is 9.90. The lowest BCUT2D eigenvalue weighted by molar-refractivity contribution is 0.0738. The summed E-state index contributed by atoms with van der Waals surface area (Å²) in [5.41, 5.74) is 1.78. The molecule has 0 radical (unpaired) electrons. The molecule has 2 rings (SSSR count). The molecule has 0 fully saturated rings. The van der Waals surface area contributed by atoms with Crippen molar-refractivity contribution in [3.05, 3.63) is 65.0 Å². The van der Waals surface area contributed by atoms with E-state index in [0.29, 0.717) is 0 Å². The van der Waals surface area contributed by atoms with Gasteiger partial charge in [0.2, 0.25) is 0 Å². The number of aryl methyl sites for hydroxylation is 1. The molecular weight excluding hydrogens is 269 g/mol. The highest BCUT2D eigenvalue weighted by atomic mass is 19.1. The van der Waals surface area contributed by atoms with Gasteiger partial charge in [-0.3, -0.25) is 4.79 Å². The number of carbonyl (C=O) groups excluding carboxylic acids is 1. The molecule has 1 amide bonds. The van der Waals surface area contributed by atoms with Crippen LogP contribution in [0.15, 0.2) is 42.5 Å². The number of carbonyl (C=O) groups is 1. The first-order valence-electron chi connectivity index (χ1n) is 6.72. The van der Waals surface area contributed by atoms with E-state index in [1.807, 2.05) is 13.8 Å². The Morgan fingerprint density at radius 1 is 1.19 bits per heavy atom. The van der Waals surface area contributed by atoms with Gasteiger partial charge in [-0.1, -0.05) is 23.8 Å². The molecular formula is C17H18FNO2. The third-order valence-electron chi connectivity index (χ3n) is 3.63. The van der Waals surface area contributed by atoms with E-state index in [1.165, 1.54) is 11.0 Å². The molecule has 0 spiro atoms. The molecule has 0 heterocycles. The van der Waals surface area contributed by atoms with Crippen molar-refractivity contribution in [2.75, 3.05) is 7.05 Å².